The quantitative estimate of drug-likeness (QED) is 0.702. The maximum Gasteiger partial charge on any atom is 0.129 e. The monoisotopic (exact) mass is 341 g/mol. The Balaban J connectivity index is 2.19. The summed E-state index contributed by atoms with van der Waals surface area (Å²) in [4.78, 5) is 3.51. The number of likely N-dealkylation sites (N-methyl/N-ethyl adjacent to an activating group) is 1. The number of hydrogen-bond donors (Lipinski definition) is 0. The van der Waals surface area contributed by atoms with E-state index in [-0.39, 0.29) is 5.82 Å². The van der Waals surface area contributed by atoms with Crippen molar-refractivity contribution in [3.8, 4) is 0 Å². The van der Waals surface area contributed by atoms with Gasteiger partial charge in [-0.15, -0.1) is 11.3 Å². The number of benzene rings is 1. The molecule has 0 saturated carbocycles. The minimum atomic E-state index is -0.149. The molecule has 0 amide bonds. The summed E-state index contributed by atoms with van der Waals surface area (Å²) in [5.74, 6) is -0.149. The third-order valence-electron chi connectivity index (χ3n) is 3.35. The van der Waals surface area contributed by atoms with Gasteiger partial charge in [-0.05, 0) is 30.5 Å². The molecule has 0 aliphatic heterocycles. The fraction of sp³-hybridized carbons (Fsp3) is 0.333. The van der Waals surface area contributed by atoms with Crippen molar-refractivity contribution >= 4 is 33.0 Å². The van der Waals surface area contributed by atoms with Crippen LogP contribution in [-0.2, 0) is 11.8 Å². The molecular weight excluding hydrogens is 325 g/mol. The van der Waals surface area contributed by atoms with Gasteiger partial charge >= 0.3 is 0 Å². The van der Waals surface area contributed by atoms with E-state index in [9.17, 15) is 4.39 Å². The van der Waals surface area contributed by atoms with Crippen molar-refractivity contribution in [3.05, 3.63) is 52.0 Å². The van der Waals surface area contributed by atoms with Crippen LogP contribution in [0, 0.1) is 5.82 Å². The first-order valence-electron chi connectivity index (χ1n) is 6.22. The van der Waals surface area contributed by atoms with Crippen LogP contribution in [0.25, 0.3) is 0 Å². The maximum atomic E-state index is 13.8. The fourth-order valence-electron chi connectivity index (χ4n) is 2.10. The molecular formula is C15H17BrFNS. The zero-order valence-electron chi connectivity index (χ0n) is 11.1. The van der Waals surface area contributed by atoms with Crippen molar-refractivity contribution in [2.24, 2.45) is 0 Å². The molecule has 1 nitrogen and oxygen atoms in total. The summed E-state index contributed by atoms with van der Waals surface area (Å²) < 4.78 is 13.8. The molecule has 0 saturated heterocycles. The van der Waals surface area contributed by atoms with Crippen LogP contribution in [0.15, 0.2) is 35.7 Å². The van der Waals surface area contributed by atoms with Gasteiger partial charge < -0.3 is 4.90 Å². The lowest BCUT2D eigenvalue weighted by atomic mass is 10.1. The van der Waals surface area contributed by atoms with Crippen molar-refractivity contribution in [1.29, 1.82) is 0 Å². The largest absolute Gasteiger partial charge is 0.371 e. The number of nitrogens with zero attached hydrogens (tertiary/aromatic N) is 1. The molecule has 1 heterocycles. The SMILES string of the molecule is CC(Cc1cccs1)N(C)c1cccc(F)c1CBr. The van der Waals surface area contributed by atoms with Crippen LogP contribution in [0.5, 0.6) is 0 Å². The summed E-state index contributed by atoms with van der Waals surface area (Å²) >= 11 is 5.14. The molecule has 102 valence electrons. The topological polar surface area (TPSA) is 3.24 Å². The molecule has 0 radical (unpaired) electrons. The van der Waals surface area contributed by atoms with Gasteiger partial charge in [0.05, 0.1) is 0 Å². The van der Waals surface area contributed by atoms with Gasteiger partial charge in [0.2, 0.25) is 0 Å². The van der Waals surface area contributed by atoms with Crippen LogP contribution in [0.1, 0.15) is 17.4 Å². The van der Waals surface area contributed by atoms with Crippen molar-refractivity contribution in [1.82, 2.24) is 0 Å². The molecule has 1 atom stereocenters. The molecule has 1 aromatic carbocycles. The standard InChI is InChI=1S/C15H17BrFNS/c1-11(9-12-5-4-8-19-12)18(2)15-7-3-6-14(17)13(15)10-16/h3-8,11H,9-10H2,1-2H3. The Bertz CT molecular complexity index is 527. The first-order valence-corrected chi connectivity index (χ1v) is 8.22. The second kappa shape index (κ2) is 6.53. The van der Waals surface area contributed by atoms with Crippen LogP contribution < -0.4 is 4.90 Å². The average Bonchev–Trinajstić information content (AvgIpc) is 2.90. The molecule has 19 heavy (non-hydrogen) atoms. The molecule has 0 aliphatic carbocycles. The van der Waals surface area contributed by atoms with Gasteiger partial charge in [-0.2, -0.15) is 0 Å². The molecule has 1 unspecified atom stereocenters. The van der Waals surface area contributed by atoms with E-state index in [1.807, 2.05) is 13.1 Å². The number of anilines is 1. The van der Waals surface area contributed by atoms with E-state index in [1.54, 1.807) is 17.4 Å². The highest BCUT2D eigenvalue weighted by molar-refractivity contribution is 9.08. The van der Waals surface area contributed by atoms with Crippen LogP contribution >= 0.6 is 27.3 Å². The van der Waals surface area contributed by atoms with E-state index in [0.29, 0.717) is 11.4 Å². The minimum Gasteiger partial charge on any atom is -0.371 e. The lowest BCUT2D eigenvalue weighted by Crippen LogP contribution is -2.31. The molecule has 0 bridgehead atoms. The van der Waals surface area contributed by atoms with E-state index in [2.05, 4.69) is 45.3 Å². The molecule has 0 aliphatic rings. The highest BCUT2D eigenvalue weighted by Crippen LogP contribution is 2.27. The average molecular weight is 342 g/mol. The van der Waals surface area contributed by atoms with Crippen molar-refractivity contribution in [3.63, 3.8) is 0 Å². The van der Waals surface area contributed by atoms with Gasteiger partial charge in [-0.3, -0.25) is 0 Å². The minimum absolute atomic E-state index is 0.149. The molecule has 1 aromatic heterocycles. The summed E-state index contributed by atoms with van der Waals surface area (Å²) in [6.07, 6.45) is 0.979. The van der Waals surface area contributed by atoms with Crippen LogP contribution in [0.3, 0.4) is 0 Å². The molecule has 2 rings (SSSR count). The Kier molecular flexibility index (Phi) is 4.99. The van der Waals surface area contributed by atoms with Crippen LogP contribution in [0.4, 0.5) is 10.1 Å². The molecule has 0 spiro atoms. The van der Waals surface area contributed by atoms with Gasteiger partial charge in [-0.1, -0.05) is 28.1 Å². The molecule has 0 fully saturated rings. The number of hydrogen-bond acceptors (Lipinski definition) is 2. The summed E-state index contributed by atoms with van der Waals surface area (Å²) in [6.45, 7) is 2.17. The second-order valence-electron chi connectivity index (χ2n) is 4.61. The zero-order valence-corrected chi connectivity index (χ0v) is 13.5. The molecule has 4 heteroatoms. The smallest absolute Gasteiger partial charge is 0.129 e. The number of halogens is 2. The summed E-state index contributed by atoms with van der Waals surface area (Å²) in [5, 5.41) is 2.62. The summed E-state index contributed by atoms with van der Waals surface area (Å²) in [5.41, 5.74) is 1.68. The van der Waals surface area contributed by atoms with Crippen LogP contribution in [0.2, 0.25) is 0 Å². The highest BCUT2D eigenvalue weighted by Gasteiger charge is 2.16. The van der Waals surface area contributed by atoms with Gasteiger partial charge in [-0.25, -0.2) is 4.39 Å². The van der Waals surface area contributed by atoms with Gasteiger partial charge in [0.1, 0.15) is 5.82 Å². The lowest BCUT2D eigenvalue weighted by Gasteiger charge is -2.28. The zero-order chi connectivity index (χ0) is 13.8. The Labute approximate surface area is 126 Å². The highest BCUT2D eigenvalue weighted by atomic mass is 79.9. The number of alkyl halides is 1. The van der Waals surface area contributed by atoms with Crippen molar-refractivity contribution < 1.29 is 4.39 Å². The molecule has 0 N–H and O–H groups in total. The Hall–Kier alpha value is -0.870. The lowest BCUT2D eigenvalue weighted by molar-refractivity contribution is 0.613. The second-order valence-corrected chi connectivity index (χ2v) is 6.21. The number of rotatable bonds is 5. The van der Waals surface area contributed by atoms with Crippen molar-refractivity contribution in [2.75, 3.05) is 11.9 Å². The fourth-order valence-corrected chi connectivity index (χ4v) is 3.49. The third-order valence-corrected chi connectivity index (χ3v) is 4.81. The Morgan fingerprint density at radius 3 is 2.74 bits per heavy atom. The van der Waals surface area contributed by atoms with E-state index >= 15 is 0 Å². The van der Waals surface area contributed by atoms with Crippen molar-refractivity contribution in [2.45, 2.75) is 24.7 Å². The first-order chi connectivity index (χ1) is 9.13. The number of thiophene rings is 1. The Morgan fingerprint density at radius 2 is 2.11 bits per heavy atom. The van der Waals surface area contributed by atoms with Gasteiger partial charge in [0.15, 0.2) is 0 Å². The van der Waals surface area contributed by atoms with E-state index in [0.717, 1.165) is 17.7 Å². The normalized spacial score (nSPS) is 12.4. The van der Waals surface area contributed by atoms with E-state index in [4.69, 9.17) is 0 Å². The third kappa shape index (κ3) is 3.37. The predicted octanol–water partition coefficient (Wildman–Crippen LogP) is 4.85. The summed E-state index contributed by atoms with van der Waals surface area (Å²) in [6, 6.07) is 9.80. The molecule has 2 aromatic rings. The van der Waals surface area contributed by atoms with E-state index in [1.165, 1.54) is 10.9 Å². The maximum absolute atomic E-state index is 13.8. The summed E-state index contributed by atoms with van der Waals surface area (Å²) in [7, 11) is 2.03. The van der Waals surface area contributed by atoms with Gasteiger partial charge in [0, 0.05) is 41.0 Å². The van der Waals surface area contributed by atoms with Gasteiger partial charge in [0.25, 0.3) is 0 Å². The first kappa shape index (κ1) is 14.5. The predicted molar refractivity (Wildman–Crippen MR) is 84.9 cm³/mol. The van der Waals surface area contributed by atoms with Crippen LogP contribution in [-0.4, -0.2) is 13.1 Å². The van der Waals surface area contributed by atoms with E-state index < -0.39 is 0 Å². The Morgan fingerprint density at radius 1 is 1.32 bits per heavy atom.